The molecule has 0 saturated carbocycles. The van der Waals surface area contributed by atoms with Gasteiger partial charge in [0.2, 0.25) is 0 Å². The number of benzene rings is 4. The van der Waals surface area contributed by atoms with Gasteiger partial charge in [-0.1, -0.05) is 167 Å². The first-order valence-corrected chi connectivity index (χ1v) is 16.0. The Balaban J connectivity index is 1.83. The maximum Gasteiger partial charge on any atom is 0.108 e. The van der Waals surface area contributed by atoms with Crippen molar-refractivity contribution < 1.29 is 0 Å². The maximum atomic E-state index is 3.97. The molecule has 4 aromatic carbocycles. The quantitative estimate of drug-likeness (QED) is 0.122. The molecule has 0 fully saturated rings. The summed E-state index contributed by atoms with van der Waals surface area (Å²) in [6, 6.07) is 41.7. The first-order chi connectivity index (χ1) is 20.8. The van der Waals surface area contributed by atoms with Gasteiger partial charge in [-0.3, -0.25) is 0 Å². The third-order valence-electron chi connectivity index (χ3n) is 8.50. The highest BCUT2D eigenvalue weighted by molar-refractivity contribution is 5.99. The number of fused-ring (bicyclic) bond motifs is 1. The van der Waals surface area contributed by atoms with Crippen LogP contribution in [-0.4, -0.2) is 0 Å². The SMILES string of the molecule is CCCCC/C=C(/C1=C(CCCCCC)c2ccccc2C1(C#Cc1ccccc1)c1ccccc1)c1ccccc1. The summed E-state index contributed by atoms with van der Waals surface area (Å²) in [4.78, 5) is 0. The summed E-state index contributed by atoms with van der Waals surface area (Å²) in [5, 5.41) is 0. The summed E-state index contributed by atoms with van der Waals surface area (Å²) in [6.45, 7) is 4.58. The van der Waals surface area contributed by atoms with Crippen LogP contribution in [0.4, 0.5) is 0 Å². The monoisotopic (exact) mass is 548 g/mol. The number of rotatable bonds is 12. The summed E-state index contributed by atoms with van der Waals surface area (Å²) in [7, 11) is 0. The van der Waals surface area contributed by atoms with Crippen molar-refractivity contribution in [3.8, 4) is 11.8 Å². The van der Waals surface area contributed by atoms with Gasteiger partial charge in [-0.2, -0.15) is 0 Å². The molecule has 0 aromatic heterocycles. The van der Waals surface area contributed by atoms with E-state index >= 15 is 0 Å². The molecule has 4 aromatic rings. The zero-order valence-corrected chi connectivity index (χ0v) is 25.4. The molecule has 212 valence electrons. The second kappa shape index (κ2) is 14.7. The molecule has 0 bridgehead atoms. The average molecular weight is 549 g/mol. The van der Waals surface area contributed by atoms with Crippen molar-refractivity contribution >= 4 is 11.1 Å². The summed E-state index contributed by atoms with van der Waals surface area (Å²) in [5.74, 6) is 7.63. The second-order valence-electron chi connectivity index (χ2n) is 11.4. The fourth-order valence-electron chi connectivity index (χ4n) is 6.42. The van der Waals surface area contributed by atoms with Gasteiger partial charge in [-0.05, 0) is 76.8 Å². The third kappa shape index (κ3) is 6.37. The average Bonchev–Trinajstić information content (AvgIpc) is 3.33. The number of hydrogen-bond donors (Lipinski definition) is 0. The van der Waals surface area contributed by atoms with Crippen molar-refractivity contribution in [2.45, 2.75) is 77.0 Å². The van der Waals surface area contributed by atoms with Crippen molar-refractivity contribution in [1.82, 2.24) is 0 Å². The summed E-state index contributed by atoms with van der Waals surface area (Å²) < 4.78 is 0. The van der Waals surface area contributed by atoms with Gasteiger partial charge in [0.1, 0.15) is 5.41 Å². The van der Waals surface area contributed by atoms with Crippen LogP contribution in [0, 0.1) is 11.8 Å². The van der Waals surface area contributed by atoms with Crippen LogP contribution in [0.2, 0.25) is 0 Å². The lowest BCUT2D eigenvalue weighted by Gasteiger charge is -2.32. The van der Waals surface area contributed by atoms with Crippen LogP contribution in [0.25, 0.3) is 11.1 Å². The fraction of sp³-hybridized carbons (Fsp3) is 0.286. The number of allylic oxidation sites excluding steroid dienone is 4. The number of unbranched alkanes of at least 4 members (excludes halogenated alkanes) is 6. The minimum atomic E-state index is -0.569. The Kier molecular flexibility index (Phi) is 10.3. The molecule has 0 heteroatoms. The minimum Gasteiger partial charge on any atom is -0.0764 e. The van der Waals surface area contributed by atoms with Gasteiger partial charge in [0.05, 0.1) is 0 Å². The Morgan fingerprint density at radius 2 is 1.26 bits per heavy atom. The Hall–Kier alpha value is -4.08. The lowest BCUT2D eigenvalue weighted by atomic mass is 9.68. The molecule has 0 heterocycles. The zero-order chi connectivity index (χ0) is 29.0. The van der Waals surface area contributed by atoms with Gasteiger partial charge in [0.25, 0.3) is 0 Å². The highest BCUT2D eigenvalue weighted by Crippen LogP contribution is 2.56. The topological polar surface area (TPSA) is 0 Å². The van der Waals surface area contributed by atoms with Gasteiger partial charge in [0.15, 0.2) is 0 Å². The van der Waals surface area contributed by atoms with E-state index in [1.54, 1.807) is 0 Å². The normalized spacial score (nSPS) is 16.2. The molecule has 1 aliphatic rings. The lowest BCUT2D eigenvalue weighted by molar-refractivity contribution is 0.678. The number of hydrogen-bond acceptors (Lipinski definition) is 0. The molecular weight excluding hydrogens is 504 g/mol. The summed E-state index contributed by atoms with van der Waals surface area (Å²) in [5.41, 5.74) is 9.89. The predicted molar refractivity (Wildman–Crippen MR) is 181 cm³/mol. The fourth-order valence-corrected chi connectivity index (χ4v) is 6.42. The van der Waals surface area contributed by atoms with Crippen LogP contribution in [-0.2, 0) is 5.41 Å². The summed E-state index contributed by atoms with van der Waals surface area (Å²) >= 11 is 0. The summed E-state index contributed by atoms with van der Waals surface area (Å²) in [6.07, 6.45) is 13.3. The molecular formula is C42H44. The molecule has 5 rings (SSSR count). The van der Waals surface area contributed by atoms with Crippen molar-refractivity contribution in [2.24, 2.45) is 0 Å². The van der Waals surface area contributed by atoms with Gasteiger partial charge < -0.3 is 0 Å². The Labute approximate surface area is 254 Å². The molecule has 0 N–H and O–H groups in total. The molecule has 1 unspecified atom stereocenters. The van der Waals surface area contributed by atoms with E-state index in [9.17, 15) is 0 Å². The van der Waals surface area contributed by atoms with Crippen LogP contribution in [0.5, 0.6) is 0 Å². The molecule has 0 radical (unpaired) electrons. The molecule has 1 atom stereocenters. The van der Waals surface area contributed by atoms with E-state index in [1.807, 2.05) is 0 Å². The van der Waals surface area contributed by atoms with E-state index in [0.717, 1.165) is 18.4 Å². The van der Waals surface area contributed by atoms with E-state index < -0.39 is 5.41 Å². The molecule has 0 saturated heterocycles. The Bertz CT molecular complexity index is 1540. The van der Waals surface area contributed by atoms with E-state index in [2.05, 4.69) is 147 Å². The lowest BCUT2D eigenvalue weighted by Crippen LogP contribution is -2.27. The smallest absolute Gasteiger partial charge is 0.0764 e. The van der Waals surface area contributed by atoms with Crippen molar-refractivity contribution in [2.75, 3.05) is 0 Å². The van der Waals surface area contributed by atoms with Crippen LogP contribution >= 0.6 is 0 Å². The third-order valence-corrected chi connectivity index (χ3v) is 8.50. The van der Waals surface area contributed by atoms with Crippen LogP contribution in [0.15, 0.2) is 127 Å². The van der Waals surface area contributed by atoms with Gasteiger partial charge in [-0.15, -0.1) is 0 Å². The maximum absolute atomic E-state index is 3.97. The molecule has 0 spiro atoms. The van der Waals surface area contributed by atoms with Crippen molar-refractivity contribution in [3.63, 3.8) is 0 Å². The first kappa shape index (κ1) is 29.4. The molecule has 0 nitrogen and oxygen atoms in total. The van der Waals surface area contributed by atoms with Crippen LogP contribution < -0.4 is 0 Å². The van der Waals surface area contributed by atoms with Gasteiger partial charge in [-0.25, -0.2) is 0 Å². The molecule has 0 aliphatic heterocycles. The van der Waals surface area contributed by atoms with E-state index in [0.29, 0.717) is 0 Å². The highest BCUT2D eigenvalue weighted by Gasteiger charge is 2.46. The Morgan fingerprint density at radius 1 is 0.643 bits per heavy atom. The van der Waals surface area contributed by atoms with E-state index in [-0.39, 0.29) is 0 Å². The second-order valence-corrected chi connectivity index (χ2v) is 11.4. The first-order valence-electron chi connectivity index (χ1n) is 16.0. The largest absolute Gasteiger partial charge is 0.108 e. The van der Waals surface area contributed by atoms with Gasteiger partial charge >= 0.3 is 0 Å². The molecule has 42 heavy (non-hydrogen) atoms. The van der Waals surface area contributed by atoms with Gasteiger partial charge in [0, 0.05) is 5.56 Å². The highest BCUT2D eigenvalue weighted by atomic mass is 14.5. The molecule has 1 aliphatic carbocycles. The van der Waals surface area contributed by atoms with Crippen LogP contribution in [0.3, 0.4) is 0 Å². The predicted octanol–water partition coefficient (Wildman–Crippen LogP) is 11.4. The molecule has 0 amide bonds. The van der Waals surface area contributed by atoms with Crippen molar-refractivity contribution in [1.29, 1.82) is 0 Å². The van der Waals surface area contributed by atoms with E-state index in [1.165, 1.54) is 83.9 Å². The van der Waals surface area contributed by atoms with Crippen molar-refractivity contribution in [3.05, 3.63) is 155 Å². The van der Waals surface area contributed by atoms with Crippen LogP contribution in [0.1, 0.15) is 99.5 Å². The minimum absolute atomic E-state index is 0.569. The zero-order valence-electron chi connectivity index (χ0n) is 25.4. The van der Waals surface area contributed by atoms with E-state index in [4.69, 9.17) is 0 Å². The Morgan fingerprint density at radius 3 is 1.98 bits per heavy atom. The standard InChI is InChI=1S/C42H44/c1-3-5-7-18-28-37(35-24-14-10-15-25-35)41-39(30-19-8-6-4-2)38-29-20-21-31-40(38)42(41,36-26-16-11-17-27-36)33-32-34-22-12-9-13-23-34/h9-17,20-29,31H,3-8,18-19,30H2,1-2H3/b37-28+.